The minimum absolute atomic E-state index is 0.0568. The fraction of sp³-hybridized carbons (Fsp3) is 0.550. The Hall–Kier alpha value is -1.46. The van der Waals surface area contributed by atoms with Crippen molar-refractivity contribution in [3.8, 4) is 0 Å². The van der Waals surface area contributed by atoms with Crippen molar-refractivity contribution in [3.63, 3.8) is 0 Å². The molecule has 4 nitrogen and oxygen atoms in total. The standard InChI is InChI=1S/C20H30ClNO3Si/c1-16-13-19(25-26(2,3)4)14-18(11-8-12-21)22(16)20(23)24-15-17-9-6-5-7-10-17/h5-7,9-10,13,16,18H,8,11-12,14-15H2,1-4H3. The minimum atomic E-state index is -1.67. The Bertz CT molecular complexity index is 615. The summed E-state index contributed by atoms with van der Waals surface area (Å²) in [5, 5.41) is 0. The van der Waals surface area contributed by atoms with Gasteiger partial charge in [0, 0.05) is 18.3 Å². The van der Waals surface area contributed by atoms with Gasteiger partial charge in [0.1, 0.15) is 6.61 Å². The highest BCUT2D eigenvalue weighted by Gasteiger charge is 2.34. The minimum Gasteiger partial charge on any atom is -0.547 e. The molecule has 144 valence electrons. The van der Waals surface area contributed by atoms with Crippen molar-refractivity contribution in [1.29, 1.82) is 0 Å². The summed E-state index contributed by atoms with van der Waals surface area (Å²) in [6, 6.07) is 9.75. The maximum atomic E-state index is 12.8. The van der Waals surface area contributed by atoms with Gasteiger partial charge in [-0.2, -0.15) is 0 Å². The van der Waals surface area contributed by atoms with Crippen LogP contribution in [0.3, 0.4) is 0 Å². The van der Waals surface area contributed by atoms with Gasteiger partial charge in [-0.1, -0.05) is 30.3 Å². The Kier molecular flexibility index (Phi) is 7.59. The molecule has 26 heavy (non-hydrogen) atoms. The normalized spacial score (nSPS) is 20.5. The van der Waals surface area contributed by atoms with Crippen LogP contribution in [0.2, 0.25) is 19.6 Å². The first-order valence-corrected chi connectivity index (χ1v) is 13.2. The number of rotatable bonds is 7. The van der Waals surface area contributed by atoms with E-state index < -0.39 is 8.32 Å². The van der Waals surface area contributed by atoms with Crippen LogP contribution < -0.4 is 0 Å². The molecule has 0 spiro atoms. The lowest BCUT2D eigenvalue weighted by Gasteiger charge is -2.40. The van der Waals surface area contributed by atoms with Crippen molar-refractivity contribution in [2.75, 3.05) is 5.88 Å². The van der Waals surface area contributed by atoms with Crippen LogP contribution in [-0.2, 0) is 15.8 Å². The summed E-state index contributed by atoms with van der Waals surface area (Å²) in [6.07, 6.45) is 4.22. The summed E-state index contributed by atoms with van der Waals surface area (Å²) in [6.45, 7) is 8.82. The van der Waals surface area contributed by atoms with Crippen LogP contribution in [0.25, 0.3) is 0 Å². The first-order chi connectivity index (χ1) is 12.3. The Morgan fingerprint density at radius 1 is 1.27 bits per heavy atom. The van der Waals surface area contributed by atoms with Crippen molar-refractivity contribution >= 4 is 26.0 Å². The maximum absolute atomic E-state index is 12.8. The van der Waals surface area contributed by atoms with Gasteiger partial charge < -0.3 is 9.16 Å². The number of hydrogen-bond acceptors (Lipinski definition) is 3. The number of benzene rings is 1. The third-order valence-corrected chi connectivity index (χ3v) is 5.36. The molecule has 0 aromatic heterocycles. The summed E-state index contributed by atoms with van der Waals surface area (Å²) in [4.78, 5) is 14.6. The number of hydrogen-bond donors (Lipinski definition) is 0. The van der Waals surface area contributed by atoms with Crippen LogP contribution in [0.5, 0.6) is 0 Å². The number of carbonyl (C=O) groups excluding carboxylic acids is 1. The van der Waals surface area contributed by atoms with Crippen molar-refractivity contribution in [3.05, 3.63) is 47.7 Å². The number of ether oxygens (including phenoxy) is 1. The largest absolute Gasteiger partial charge is 0.547 e. The smallest absolute Gasteiger partial charge is 0.410 e. The molecule has 6 heteroatoms. The SMILES string of the molecule is CC1C=C(O[Si](C)(C)C)CC(CCCCl)N1C(=O)OCc1ccccc1. The van der Waals surface area contributed by atoms with Gasteiger partial charge in [0.25, 0.3) is 0 Å². The second-order valence-corrected chi connectivity index (χ2v) is 12.5. The second kappa shape index (κ2) is 9.47. The molecule has 1 amide bonds. The molecule has 0 fully saturated rings. The van der Waals surface area contributed by atoms with Gasteiger partial charge in [-0.3, -0.25) is 4.90 Å². The molecule has 1 aliphatic heterocycles. The van der Waals surface area contributed by atoms with Gasteiger partial charge in [0.2, 0.25) is 8.32 Å². The van der Waals surface area contributed by atoms with Crippen LogP contribution in [0.4, 0.5) is 4.79 Å². The van der Waals surface area contributed by atoms with Crippen molar-refractivity contribution in [2.24, 2.45) is 0 Å². The molecule has 2 unspecified atom stereocenters. The first-order valence-electron chi connectivity index (χ1n) is 9.25. The zero-order valence-electron chi connectivity index (χ0n) is 16.2. The number of nitrogens with zero attached hydrogens (tertiary/aromatic N) is 1. The highest BCUT2D eigenvalue weighted by Crippen LogP contribution is 2.29. The Labute approximate surface area is 163 Å². The van der Waals surface area contributed by atoms with Crippen LogP contribution in [0, 0.1) is 0 Å². The highest BCUT2D eigenvalue weighted by molar-refractivity contribution is 6.70. The van der Waals surface area contributed by atoms with E-state index in [4.69, 9.17) is 20.8 Å². The lowest BCUT2D eigenvalue weighted by atomic mass is 9.98. The van der Waals surface area contributed by atoms with Crippen LogP contribution in [0.15, 0.2) is 42.2 Å². The third-order valence-electron chi connectivity index (χ3n) is 4.22. The monoisotopic (exact) mass is 395 g/mol. The van der Waals surface area contributed by atoms with E-state index in [1.54, 1.807) is 0 Å². The number of halogens is 1. The van der Waals surface area contributed by atoms with Crippen LogP contribution in [-0.4, -0.2) is 37.3 Å². The van der Waals surface area contributed by atoms with E-state index in [1.807, 2.05) is 42.2 Å². The lowest BCUT2D eigenvalue weighted by Crippen LogP contribution is -2.49. The Morgan fingerprint density at radius 3 is 2.58 bits per heavy atom. The average Bonchev–Trinajstić information content (AvgIpc) is 2.57. The van der Waals surface area contributed by atoms with Gasteiger partial charge in [-0.05, 0) is 51.0 Å². The van der Waals surface area contributed by atoms with E-state index in [0.29, 0.717) is 5.88 Å². The molecule has 0 aliphatic carbocycles. The molecular formula is C20H30ClNO3Si. The van der Waals surface area contributed by atoms with E-state index in [9.17, 15) is 4.79 Å². The van der Waals surface area contributed by atoms with Gasteiger partial charge in [0.05, 0.1) is 11.8 Å². The molecule has 0 radical (unpaired) electrons. The van der Waals surface area contributed by atoms with E-state index in [0.717, 1.165) is 30.6 Å². The fourth-order valence-electron chi connectivity index (χ4n) is 3.21. The zero-order chi connectivity index (χ0) is 19.2. The van der Waals surface area contributed by atoms with Crippen LogP contribution in [0.1, 0.15) is 31.7 Å². The van der Waals surface area contributed by atoms with E-state index in [1.165, 1.54) is 0 Å². The fourth-order valence-corrected chi connectivity index (χ4v) is 4.30. The summed E-state index contributed by atoms with van der Waals surface area (Å²) in [5.74, 6) is 1.59. The third kappa shape index (κ3) is 6.36. The summed E-state index contributed by atoms with van der Waals surface area (Å²) >= 11 is 5.89. The molecule has 2 atom stereocenters. The van der Waals surface area contributed by atoms with E-state index in [-0.39, 0.29) is 24.8 Å². The summed E-state index contributed by atoms with van der Waals surface area (Å²) < 4.78 is 11.8. The molecule has 0 saturated heterocycles. The first kappa shape index (κ1) is 20.8. The maximum Gasteiger partial charge on any atom is 0.410 e. The van der Waals surface area contributed by atoms with Crippen molar-refractivity contribution in [1.82, 2.24) is 4.90 Å². The molecule has 1 heterocycles. The van der Waals surface area contributed by atoms with Gasteiger partial charge in [-0.25, -0.2) is 4.79 Å². The van der Waals surface area contributed by atoms with E-state index >= 15 is 0 Å². The van der Waals surface area contributed by atoms with Gasteiger partial charge in [0.15, 0.2) is 0 Å². The summed E-state index contributed by atoms with van der Waals surface area (Å²) in [5.41, 5.74) is 0.987. The molecule has 1 aromatic carbocycles. The molecule has 1 aliphatic rings. The summed E-state index contributed by atoms with van der Waals surface area (Å²) in [7, 11) is -1.67. The van der Waals surface area contributed by atoms with Crippen molar-refractivity contribution in [2.45, 2.75) is 64.5 Å². The molecular weight excluding hydrogens is 366 g/mol. The number of amides is 1. The van der Waals surface area contributed by atoms with Gasteiger partial charge in [-0.15, -0.1) is 11.6 Å². The Balaban J connectivity index is 2.08. The molecule has 1 aromatic rings. The number of alkyl halides is 1. The quantitative estimate of drug-likeness (QED) is 0.449. The average molecular weight is 396 g/mol. The predicted molar refractivity (Wildman–Crippen MR) is 109 cm³/mol. The van der Waals surface area contributed by atoms with Crippen LogP contribution >= 0.6 is 11.6 Å². The molecule has 0 bridgehead atoms. The highest BCUT2D eigenvalue weighted by atomic mass is 35.5. The predicted octanol–water partition coefficient (Wildman–Crippen LogP) is 5.54. The second-order valence-electron chi connectivity index (χ2n) is 7.72. The zero-order valence-corrected chi connectivity index (χ0v) is 18.0. The lowest BCUT2D eigenvalue weighted by molar-refractivity contribution is 0.0619. The number of carbonyl (C=O) groups is 1. The molecule has 2 rings (SSSR count). The van der Waals surface area contributed by atoms with Crippen molar-refractivity contribution < 1.29 is 14.0 Å². The topological polar surface area (TPSA) is 38.8 Å². The molecule has 0 N–H and O–H groups in total. The molecule has 0 saturated carbocycles. The van der Waals surface area contributed by atoms with E-state index in [2.05, 4.69) is 25.7 Å². The Morgan fingerprint density at radius 2 is 1.96 bits per heavy atom. The van der Waals surface area contributed by atoms with Gasteiger partial charge >= 0.3 is 6.09 Å².